The van der Waals surface area contributed by atoms with Gasteiger partial charge in [0.25, 0.3) is 0 Å². The third-order valence-electron chi connectivity index (χ3n) is 4.89. The van der Waals surface area contributed by atoms with E-state index in [0.29, 0.717) is 5.92 Å². The van der Waals surface area contributed by atoms with E-state index < -0.39 is 7.81 Å². The number of methoxy groups -OCH3 is 1. The van der Waals surface area contributed by atoms with Gasteiger partial charge in [0, 0.05) is 18.1 Å². The number of benzene rings is 3. The summed E-state index contributed by atoms with van der Waals surface area (Å²) in [7, 11) is -7.48. The van der Waals surface area contributed by atoms with Crippen molar-refractivity contribution in [1.82, 2.24) is 0 Å². The van der Waals surface area contributed by atoms with Gasteiger partial charge in [-0.15, -0.1) is 0 Å². The van der Waals surface area contributed by atoms with E-state index in [-0.39, 0.29) is 19.5 Å². The Labute approximate surface area is 248 Å². The van der Waals surface area contributed by atoms with Gasteiger partial charge in [0.05, 0.1) is 18.9 Å². The minimum atomic E-state index is -10.7. The van der Waals surface area contributed by atoms with Gasteiger partial charge in [-0.2, -0.15) is 5.26 Å². The second-order valence-electron chi connectivity index (χ2n) is 8.58. The normalized spacial score (nSPS) is 14.0. The molecule has 41 heavy (non-hydrogen) atoms. The smallest absolute Gasteiger partial charge is 1.00 e. The van der Waals surface area contributed by atoms with Crippen LogP contribution >= 0.6 is 7.81 Å². The van der Waals surface area contributed by atoms with Crippen LogP contribution in [0.15, 0.2) is 82.9 Å². The third-order valence-corrected chi connectivity index (χ3v) is 4.89. The zero-order valence-electron chi connectivity index (χ0n) is 23.2. The molecule has 1 heterocycles. The number of fused-ring (bicyclic) bond motifs is 1. The maximum atomic E-state index is 9.87. The Morgan fingerprint density at radius 3 is 1.83 bits per heavy atom. The van der Waals surface area contributed by atoms with E-state index in [1.165, 1.54) is 25.2 Å². The molecular formula is C28H31F6N3O2PRu. The predicted molar refractivity (Wildman–Crippen MR) is 149 cm³/mol. The van der Waals surface area contributed by atoms with E-state index in [9.17, 15) is 25.2 Å². The Kier molecular flexibility index (Phi) is 13.9. The van der Waals surface area contributed by atoms with E-state index in [4.69, 9.17) is 14.8 Å². The van der Waals surface area contributed by atoms with Crippen molar-refractivity contribution in [3.63, 3.8) is 0 Å². The monoisotopic (exact) mass is 688 g/mol. The fraction of sp³-hybridized carbons (Fsp3) is 0.250. The molecule has 0 amide bonds. The van der Waals surface area contributed by atoms with Gasteiger partial charge < -0.3 is 9.57 Å². The molecule has 0 saturated heterocycles. The summed E-state index contributed by atoms with van der Waals surface area (Å²) >= 11 is 0. The van der Waals surface area contributed by atoms with Gasteiger partial charge in [-0.3, -0.25) is 0 Å². The maximum Gasteiger partial charge on any atom is 1.00 e. The Bertz CT molecular complexity index is 1350. The number of rotatable bonds is 4. The molecule has 0 spiro atoms. The van der Waals surface area contributed by atoms with Gasteiger partial charge in [-0.1, -0.05) is 79.2 Å². The molecule has 0 aromatic heterocycles. The zero-order valence-corrected chi connectivity index (χ0v) is 25.9. The average Bonchev–Trinajstić information content (AvgIpc) is 3.22. The molecule has 4 rings (SSSR count). The molecule has 5 nitrogen and oxygen atoms in total. The largest absolute Gasteiger partial charge is 1.00 e. The molecule has 13 heteroatoms. The van der Waals surface area contributed by atoms with Crippen LogP contribution < -0.4 is 4.74 Å². The third kappa shape index (κ3) is 15.9. The molecule has 0 bridgehead atoms. The number of nitrogens with zero attached hydrogens (tertiary/aromatic N) is 3. The minimum Gasteiger partial charge on any atom is 1.00 e. The van der Waals surface area contributed by atoms with Gasteiger partial charge in [-0.25, -0.2) is 4.99 Å². The zero-order chi connectivity index (χ0) is 30.6. The van der Waals surface area contributed by atoms with E-state index in [1.54, 1.807) is 13.2 Å². The number of ether oxygens (including phenoxy) is 1. The molecular weight excluding hydrogens is 656 g/mol. The Morgan fingerprint density at radius 2 is 1.39 bits per heavy atom. The van der Waals surface area contributed by atoms with Gasteiger partial charge in [-0.05, 0) is 36.6 Å². The van der Waals surface area contributed by atoms with Crippen LogP contribution in [0.1, 0.15) is 48.9 Å². The second-order valence-corrected chi connectivity index (χ2v) is 10.5. The molecule has 0 unspecified atom stereocenters. The van der Waals surface area contributed by atoms with Crippen LogP contribution in [0.2, 0.25) is 0 Å². The summed E-state index contributed by atoms with van der Waals surface area (Å²) in [5, 5.41) is 11.4. The van der Waals surface area contributed by atoms with Gasteiger partial charge >= 0.3 is 52.5 Å². The second kappa shape index (κ2) is 15.1. The van der Waals surface area contributed by atoms with Crippen LogP contribution in [0.25, 0.3) is 0 Å². The summed E-state index contributed by atoms with van der Waals surface area (Å²) in [6.45, 7) is 7.97. The number of hydrogen-bond donors (Lipinski definition) is 0. The van der Waals surface area contributed by atoms with E-state index in [1.807, 2.05) is 48.5 Å². The van der Waals surface area contributed by atoms with Gasteiger partial charge in [0.2, 0.25) is 0 Å². The molecule has 0 N–H and O–H groups in total. The molecule has 3 aromatic rings. The quantitative estimate of drug-likeness (QED) is 0.119. The number of oxime groups is 1. The molecule has 0 fully saturated rings. The number of halogens is 6. The van der Waals surface area contributed by atoms with Crippen LogP contribution in [-0.4, -0.2) is 25.6 Å². The molecule has 0 aliphatic carbocycles. The summed E-state index contributed by atoms with van der Waals surface area (Å²) in [5.74, 6) is 1.43. The minimum absolute atomic E-state index is 0. The topological polar surface area (TPSA) is 67.0 Å². The number of aryl methyl sites for hydroxylation is 1. The predicted octanol–water partition coefficient (Wildman–Crippen LogP) is 10.2. The Balaban J connectivity index is 0.000000640. The first kappa shape index (κ1) is 37.7. The number of aliphatic imine (C=N–C) groups is 1. The summed E-state index contributed by atoms with van der Waals surface area (Å²) in [6, 6.07) is 26.1. The van der Waals surface area contributed by atoms with Crippen molar-refractivity contribution in [2.24, 2.45) is 10.1 Å². The summed E-state index contributed by atoms with van der Waals surface area (Å²) in [6.07, 6.45) is 0. The fourth-order valence-electron chi connectivity index (χ4n) is 3.16. The van der Waals surface area contributed by atoms with Crippen molar-refractivity contribution in [3.05, 3.63) is 95.1 Å². The first-order chi connectivity index (χ1) is 18.4. The van der Waals surface area contributed by atoms with Gasteiger partial charge in [0.15, 0.2) is 0 Å². The van der Waals surface area contributed by atoms with Crippen molar-refractivity contribution in [1.29, 1.82) is 5.26 Å². The summed E-state index contributed by atoms with van der Waals surface area (Å²) < 4.78 is 64.5. The first-order valence-corrected chi connectivity index (χ1v) is 13.8. The van der Waals surface area contributed by atoms with Crippen LogP contribution in [0.4, 0.5) is 30.9 Å². The molecule has 1 radical (unpaired) electrons. The molecule has 1 aliphatic heterocycles. The average molecular weight is 688 g/mol. The van der Waals surface area contributed by atoms with Crippen LogP contribution in [-0.2, 0) is 24.3 Å². The van der Waals surface area contributed by atoms with Crippen molar-refractivity contribution >= 4 is 24.9 Å². The SMILES string of the molecule is CC#N.CO/N=C1/C(c2ccccc2)=Nc2ccc(OC)cc21.Cc1ccc(C(C)C)cc1.F[P-](F)(F)(F)(F)F.[Ru+]. The molecule has 3 aromatic carbocycles. The first-order valence-electron chi connectivity index (χ1n) is 11.8. The molecule has 0 atom stereocenters. The van der Waals surface area contributed by atoms with Crippen molar-refractivity contribution in [2.45, 2.75) is 33.6 Å². The number of hydrogen-bond acceptors (Lipinski definition) is 5. The molecule has 225 valence electrons. The Hall–Kier alpha value is -3.28. The maximum absolute atomic E-state index is 10.7. The van der Waals surface area contributed by atoms with Gasteiger partial charge in [0.1, 0.15) is 24.3 Å². The number of nitriles is 1. The van der Waals surface area contributed by atoms with Crippen molar-refractivity contribution in [3.8, 4) is 11.8 Å². The van der Waals surface area contributed by atoms with Crippen LogP contribution in [0.3, 0.4) is 0 Å². The van der Waals surface area contributed by atoms with Crippen molar-refractivity contribution in [2.75, 3.05) is 14.2 Å². The fourth-order valence-corrected chi connectivity index (χ4v) is 3.16. The molecule has 1 aliphatic rings. The summed E-state index contributed by atoms with van der Waals surface area (Å²) in [5.41, 5.74) is 7.11. The van der Waals surface area contributed by atoms with Crippen LogP contribution in [0, 0.1) is 18.3 Å². The van der Waals surface area contributed by atoms with E-state index >= 15 is 0 Å². The van der Waals surface area contributed by atoms with Crippen molar-refractivity contribution < 1.29 is 54.2 Å². The standard InChI is InChI=1S/C16H14N2O2.C10H14.C2H3N.F6P.Ru/c1-19-12-8-9-14-13(10-12)16(18-20-2)15(17-14)11-6-4-3-5-7-11;1-8(2)10-6-4-9(3)5-7-10;1-2-3;1-7(2,3,4,5)6;/h3-10H,1-2H3;4-8H,1-3H3;1H3;;/q;;;-1;+1/b18-16+;;;;. The van der Waals surface area contributed by atoms with E-state index in [0.717, 1.165) is 34.0 Å². The molecule has 0 saturated carbocycles. The Morgan fingerprint density at radius 1 is 0.878 bits per heavy atom. The van der Waals surface area contributed by atoms with E-state index in [2.05, 4.69) is 55.2 Å². The van der Waals surface area contributed by atoms with Crippen LogP contribution in [0.5, 0.6) is 5.75 Å². The summed E-state index contributed by atoms with van der Waals surface area (Å²) in [4.78, 5) is 9.62.